The van der Waals surface area contributed by atoms with Crippen LogP contribution in [0.4, 0.5) is 0 Å². The molecule has 0 heterocycles. The average molecular weight is 275 g/mol. The second-order valence-electron chi connectivity index (χ2n) is 4.93. The minimum Gasteiger partial charge on any atom is -0.457 e. The van der Waals surface area contributed by atoms with Gasteiger partial charge in [-0.2, -0.15) is 0 Å². The van der Waals surface area contributed by atoms with E-state index in [-0.39, 0.29) is 5.97 Å². The van der Waals surface area contributed by atoms with Crippen molar-refractivity contribution in [1.82, 2.24) is 0 Å². The molecule has 1 atom stereocenters. The molecule has 0 spiro atoms. The van der Waals surface area contributed by atoms with Crippen LogP contribution in [0, 0.1) is 5.41 Å². The molecule has 1 aromatic carbocycles. The summed E-state index contributed by atoms with van der Waals surface area (Å²) in [5.74, 6) is -0.277. The van der Waals surface area contributed by atoms with Crippen molar-refractivity contribution in [2.75, 3.05) is 0 Å². The van der Waals surface area contributed by atoms with Crippen LogP contribution in [0.3, 0.4) is 0 Å². The van der Waals surface area contributed by atoms with Crippen molar-refractivity contribution in [3.63, 3.8) is 0 Å². The highest BCUT2D eigenvalue weighted by Gasteiger charge is 2.26. The van der Waals surface area contributed by atoms with Gasteiger partial charge >= 0.3 is 5.97 Å². The molecule has 94 valence electrons. The van der Waals surface area contributed by atoms with Crippen molar-refractivity contribution in [3.8, 4) is 0 Å². The van der Waals surface area contributed by atoms with Gasteiger partial charge in [0.1, 0.15) is 6.10 Å². The molecule has 0 amide bonds. The normalized spacial score (nSPS) is 13.3. The van der Waals surface area contributed by atoms with Crippen molar-refractivity contribution < 1.29 is 9.53 Å². The van der Waals surface area contributed by atoms with E-state index < -0.39 is 11.5 Å². The molecule has 4 heteroatoms. The van der Waals surface area contributed by atoms with Crippen LogP contribution < -0.4 is 0 Å². The molecule has 0 N–H and O–H groups in total. The fraction of sp³-hybridized carbons (Fsp3) is 0.462. The number of rotatable bonds is 2. The predicted molar refractivity (Wildman–Crippen MR) is 70.4 cm³/mol. The molecule has 0 saturated carbocycles. The number of hydrogen-bond donors (Lipinski definition) is 0. The summed E-state index contributed by atoms with van der Waals surface area (Å²) in [5.41, 5.74) is 0.107. The zero-order valence-electron chi connectivity index (χ0n) is 10.4. The monoisotopic (exact) mass is 274 g/mol. The Balaban J connectivity index is 2.91. The van der Waals surface area contributed by atoms with Gasteiger partial charge in [0.15, 0.2) is 0 Å². The molecule has 1 aromatic rings. The van der Waals surface area contributed by atoms with Crippen LogP contribution in [0.2, 0.25) is 10.0 Å². The van der Waals surface area contributed by atoms with Crippen LogP contribution >= 0.6 is 23.2 Å². The molecule has 1 unspecified atom stereocenters. The van der Waals surface area contributed by atoms with Gasteiger partial charge in [-0.1, -0.05) is 29.3 Å². The van der Waals surface area contributed by atoms with Crippen molar-refractivity contribution in [2.45, 2.75) is 33.8 Å². The second-order valence-corrected chi connectivity index (χ2v) is 5.75. The molecule has 0 aliphatic carbocycles. The third-order valence-electron chi connectivity index (χ3n) is 2.30. The fourth-order valence-corrected chi connectivity index (χ4v) is 2.00. The van der Waals surface area contributed by atoms with E-state index in [9.17, 15) is 4.79 Å². The highest BCUT2D eigenvalue weighted by molar-refractivity contribution is 6.36. The quantitative estimate of drug-likeness (QED) is 0.735. The Hall–Kier alpha value is -0.730. The highest BCUT2D eigenvalue weighted by atomic mass is 35.5. The lowest BCUT2D eigenvalue weighted by Gasteiger charge is -2.22. The smallest absolute Gasteiger partial charge is 0.311 e. The van der Waals surface area contributed by atoms with Crippen molar-refractivity contribution in [3.05, 3.63) is 33.8 Å². The number of halogens is 2. The molecule has 0 radical (unpaired) electrons. The van der Waals surface area contributed by atoms with Gasteiger partial charge in [-0.25, -0.2) is 0 Å². The minimum atomic E-state index is -0.540. The van der Waals surface area contributed by atoms with Gasteiger partial charge in [0.05, 0.1) is 5.41 Å². The first-order valence-corrected chi connectivity index (χ1v) is 6.14. The molecule has 0 bridgehead atoms. The Morgan fingerprint density at radius 3 is 2.12 bits per heavy atom. The van der Waals surface area contributed by atoms with Crippen LogP contribution in [0.25, 0.3) is 0 Å². The van der Waals surface area contributed by atoms with Crippen molar-refractivity contribution >= 4 is 29.2 Å². The van der Waals surface area contributed by atoms with Gasteiger partial charge in [0.25, 0.3) is 0 Å². The Morgan fingerprint density at radius 1 is 1.24 bits per heavy atom. The lowest BCUT2D eigenvalue weighted by molar-refractivity contribution is -0.158. The van der Waals surface area contributed by atoms with Crippen LogP contribution in [-0.2, 0) is 9.53 Å². The van der Waals surface area contributed by atoms with E-state index in [1.807, 2.05) is 0 Å². The van der Waals surface area contributed by atoms with E-state index in [4.69, 9.17) is 27.9 Å². The summed E-state index contributed by atoms with van der Waals surface area (Å²) in [4.78, 5) is 11.8. The highest BCUT2D eigenvalue weighted by Crippen LogP contribution is 2.33. The van der Waals surface area contributed by atoms with Crippen LogP contribution in [0.5, 0.6) is 0 Å². The maximum Gasteiger partial charge on any atom is 0.311 e. The SMILES string of the molecule is CC(OC(=O)C(C)(C)C)c1c(Cl)cccc1Cl. The lowest BCUT2D eigenvalue weighted by atomic mass is 9.97. The fourth-order valence-electron chi connectivity index (χ4n) is 1.30. The topological polar surface area (TPSA) is 26.3 Å². The first-order chi connectivity index (χ1) is 7.73. The first-order valence-electron chi connectivity index (χ1n) is 5.38. The van der Waals surface area contributed by atoms with Gasteiger partial charge < -0.3 is 4.74 Å². The summed E-state index contributed by atoms with van der Waals surface area (Å²) >= 11 is 12.1. The van der Waals surface area contributed by atoms with Gasteiger partial charge in [-0.05, 0) is 39.8 Å². The Kier molecular flexibility index (Phi) is 4.45. The second kappa shape index (κ2) is 5.28. The molecule has 1 rings (SSSR count). The molecule has 0 aliphatic rings. The molecule has 2 nitrogen and oxygen atoms in total. The van der Waals surface area contributed by atoms with Crippen LogP contribution in [-0.4, -0.2) is 5.97 Å². The van der Waals surface area contributed by atoms with E-state index >= 15 is 0 Å². The maximum absolute atomic E-state index is 11.8. The molecule has 17 heavy (non-hydrogen) atoms. The Morgan fingerprint density at radius 2 is 1.71 bits per heavy atom. The first kappa shape index (κ1) is 14.3. The van der Waals surface area contributed by atoms with E-state index in [0.29, 0.717) is 15.6 Å². The van der Waals surface area contributed by atoms with Gasteiger partial charge in [0, 0.05) is 15.6 Å². The number of hydrogen-bond acceptors (Lipinski definition) is 2. The number of ether oxygens (including phenoxy) is 1. The summed E-state index contributed by atoms with van der Waals surface area (Å²) in [6.45, 7) is 7.17. The number of carbonyl (C=O) groups is 1. The average Bonchev–Trinajstić information content (AvgIpc) is 2.15. The van der Waals surface area contributed by atoms with E-state index in [1.165, 1.54) is 0 Å². The zero-order valence-corrected chi connectivity index (χ0v) is 11.9. The lowest BCUT2D eigenvalue weighted by Crippen LogP contribution is -2.24. The summed E-state index contributed by atoms with van der Waals surface area (Å²) in [7, 11) is 0. The molecule has 0 aromatic heterocycles. The zero-order chi connectivity index (χ0) is 13.2. The van der Waals surface area contributed by atoms with Crippen LogP contribution in [0.1, 0.15) is 39.4 Å². The van der Waals surface area contributed by atoms with Gasteiger partial charge in [0.2, 0.25) is 0 Å². The van der Waals surface area contributed by atoms with Crippen molar-refractivity contribution in [1.29, 1.82) is 0 Å². The molecular weight excluding hydrogens is 259 g/mol. The van der Waals surface area contributed by atoms with E-state index in [0.717, 1.165) is 0 Å². The Labute approximate surface area is 112 Å². The molecule has 0 aliphatic heterocycles. The molecule has 0 saturated heterocycles. The van der Waals surface area contributed by atoms with E-state index in [2.05, 4.69) is 0 Å². The summed E-state index contributed by atoms with van der Waals surface area (Å²) < 4.78 is 5.35. The summed E-state index contributed by atoms with van der Waals surface area (Å²) in [6.07, 6.45) is -0.456. The largest absolute Gasteiger partial charge is 0.457 e. The number of benzene rings is 1. The van der Waals surface area contributed by atoms with E-state index in [1.54, 1.807) is 45.9 Å². The van der Waals surface area contributed by atoms with Crippen LogP contribution in [0.15, 0.2) is 18.2 Å². The molecular formula is C13H16Cl2O2. The third-order valence-corrected chi connectivity index (χ3v) is 2.96. The minimum absolute atomic E-state index is 0.277. The Bertz CT molecular complexity index is 402. The third kappa shape index (κ3) is 3.62. The van der Waals surface area contributed by atoms with Gasteiger partial charge in [-0.3, -0.25) is 4.79 Å². The summed E-state index contributed by atoms with van der Waals surface area (Å²) in [5, 5.41) is 1.01. The summed E-state index contributed by atoms with van der Waals surface area (Å²) in [6, 6.07) is 5.21. The standard InChI is InChI=1S/C13H16Cl2O2/c1-8(17-12(16)13(2,3)4)11-9(14)6-5-7-10(11)15/h5-8H,1-4H3. The maximum atomic E-state index is 11.8. The molecule has 0 fully saturated rings. The van der Waals surface area contributed by atoms with Gasteiger partial charge in [-0.15, -0.1) is 0 Å². The van der Waals surface area contributed by atoms with Crippen molar-refractivity contribution in [2.24, 2.45) is 5.41 Å². The number of carbonyl (C=O) groups excluding carboxylic acids is 1. The number of esters is 1. The predicted octanol–water partition coefficient (Wildman–Crippen LogP) is 4.64.